The van der Waals surface area contributed by atoms with E-state index in [1.807, 2.05) is 24.3 Å². The lowest BCUT2D eigenvalue weighted by Gasteiger charge is -2.35. The van der Waals surface area contributed by atoms with Gasteiger partial charge in [-0.15, -0.1) is 0 Å². The molecule has 4 heterocycles. The summed E-state index contributed by atoms with van der Waals surface area (Å²) in [6.07, 6.45) is 3.46. The zero-order chi connectivity index (χ0) is 23.5. The van der Waals surface area contributed by atoms with Gasteiger partial charge in [0.15, 0.2) is 12.4 Å². The second kappa shape index (κ2) is 9.48. The van der Waals surface area contributed by atoms with Crippen LogP contribution in [-0.2, 0) is 4.79 Å². The minimum atomic E-state index is -0.0697. The lowest BCUT2D eigenvalue weighted by atomic mass is 10.1. The zero-order valence-corrected chi connectivity index (χ0v) is 19.0. The number of benzene rings is 1. The summed E-state index contributed by atoms with van der Waals surface area (Å²) in [6.45, 7) is 2.25. The van der Waals surface area contributed by atoms with Crippen molar-refractivity contribution in [3.8, 4) is 17.0 Å². The first-order chi connectivity index (χ1) is 16.6. The predicted molar refractivity (Wildman–Crippen MR) is 131 cm³/mol. The Bertz CT molecular complexity index is 1310. The molecule has 3 aromatic heterocycles. The number of aromatic nitrogens is 4. The Kier molecular flexibility index (Phi) is 6.09. The summed E-state index contributed by atoms with van der Waals surface area (Å²) in [7, 11) is 0. The Labute approximate surface area is 201 Å². The molecular formula is C24H22ClN7O2. The smallest absolute Gasteiger partial charge is 0.260 e. The minimum Gasteiger partial charge on any atom is -0.484 e. The van der Waals surface area contributed by atoms with Crippen LogP contribution in [0.1, 0.15) is 0 Å². The Hall–Kier alpha value is -3.98. The van der Waals surface area contributed by atoms with Gasteiger partial charge in [0.25, 0.3) is 5.91 Å². The normalized spacial score (nSPS) is 13.8. The van der Waals surface area contributed by atoms with Gasteiger partial charge in [0.1, 0.15) is 11.3 Å². The van der Waals surface area contributed by atoms with Gasteiger partial charge in [0.05, 0.1) is 11.2 Å². The highest BCUT2D eigenvalue weighted by Gasteiger charge is 2.24. The summed E-state index contributed by atoms with van der Waals surface area (Å²) in [5, 5.41) is 0.620. The van der Waals surface area contributed by atoms with Gasteiger partial charge in [-0.1, -0.05) is 11.6 Å². The van der Waals surface area contributed by atoms with Crippen LogP contribution in [0.5, 0.6) is 5.75 Å². The largest absolute Gasteiger partial charge is 0.484 e. The van der Waals surface area contributed by atoms with E-state index in [0.717, 1.165) is 11.3 Å². The van der Waals surface area contributed by atoms with Crippen molar-refractivity contribution in [2.24, 2.45) is 0 Å². The van der Waals surface area contributed by atoms with E-state index in [4.69, 9.17) is 27.1 Å². The molecule has 34 heavy (non-hydrogen) atoms. The van der Waals surface area contributed by atoms with Crippen LogP contribution < -0.4 is 15.4 Å². The molecule has 5 rings (SSSR count). The van der Waals surface area contributed by atoms with E-state index in [-0.39, 0.29) is 18.5 Å². The van der Waals surface area contributed by atoms with Gasteiger partial charge in [-0.25, -0.2) is 9.97 Å². The lowest BCUT2D eigenvalue weighted by molar-refractivity contribution is -0.133. The summed E-state index contributed by atoms with van der Waals surface area (Å²) in [4.78, 5) is 34.2. The molecule has 172 valence electrons. The fourth-order valence-corrected chi connectivity index (χ4v) is 3.98. The van der Waals surface area contributed by atoms with E-state index in [0.29, 0.717) is 53.8 Å². The highest BCUT2D eigenvalue weighted by molar-refractivity contribution is 6.30. The van der Waals surface area contributed by atoms with Gasteiger partial charge in [-0.05, 0) is 48.5 Å². The van der Waals surface area contributed by atoms with Crippen molar-refractivity contribution >= 4 is 40.3 Å². The molecule has 9 nitrogen and oxygen atoms in total. The highest BCUT2D eigenvalue weighted by Crippen LogP contribution is 2.27. The van der Waals surface area contributed by atoms with Crippen LogP contribution in [0.25, 0.3) is 22.3 Å². The average molecular weight is 476 g/mol. The summed E-state index contributed by atoms with van der Waals surface area (Å²) in [6, 6.07) is 14.6. The number of hydrogen-bond donors (Lipinski definition) is 1. The molecule has 1 saturated heterocycles. The number of fused-ring (bicyclic) bond motifs is 1. The number of carbonyl (C=O) groups excluding carboxylic acids is 1. The van der Waals surface area contributed by atoms with Crippen LogP contribution >= 0.6 is 11.6 Å². The van der Waals surface area contributed by atoms with Gasteiger partial charge >= 0.3 is 0 Å². The fraction of sp³-hybridized carbons (Fsp3) is 0.208. The molecule has 1 aromatic carbocycles. The van der Waals surface area contributed by atoms with Gasteiger partial charge < -0.3 is 20.3 Å². The molecule has 10 heteroatoms. The molecule has 4 aromatic rings. The zero-order valence-electron chi connectivity index (χ0n) is 18.3. The molecule has 1 aliphatic rings. The Morgan fingerprint density at radius 1 is 0.941 bits per heavy atom. The van der Waals surface area contributed by atoms with Crippen molar-refractivity contribution in [3.63, 3.8) is 0 Å². The Balaban J connectivity index is 1.30. The van der Waals surface area contributed by atoms with Crippen LogP contribution in [0.3, 0.4) is 0 Å². The van der Waals surface area contributed by atoms with Crippen molar-refractivity contribution in [2.75, 3.05) is 43.4 Å². The summed E-state index contributed by atoms with van der Waals surface area (Å²) in [5.74, 6) is 1.40. The van der Waals surface area contributed by atoms with Gasteiger partial charge in [0.2, 0.25) is 5.95 Å². The Morgan fingerprint density at radius 2 is 1.68 bits per heavy atom. The Morgan fingerprint density at radius 3 is 2.41 bits per heavy atom. The third-order valence-electron chi connectivity index (χ3n) is 5.63. The first-order valence-electron chi connectivity index (χ1n) is 10.8. The SMILES string of the molecule is Nc1nc(N2CCN(C(=O)COc3ccc(Cl)cc3)CC2)c2nc(-c3ccncc3)ccc2n1. The first-order valence-corrected chi connectivity index (χ1v) is 11.2. The van der Waals surface area contributed by atoms with E-state index < -0.39 is 0 Å². The maximum Gasteiger partial charge on any atom is 0.260 e. The van der Waals surface area contributed by atoms with Gasteiger partial charge in [-0.3, -0.25) is 9.78 Å². The predicted octanol–water partition coefficient (Wildman–Crippen LogP) is 3.05. The molecule has 1 fully saturated rings. The molecule has 2 N–H and O–H groups in total. The number of ether oxygens (including phenoxy) is 1. The van der Waals surface area contributed by atoms with Crippen molar-refractivity contribution < 1.29 is 9.53 Å². The number of amides is 1. The molecule has 0 radical (unpaired) electrons. The van der Waals surface area contributed by atoms with E-state index in [1.54, 1.807) is 41.6 Å². The third kappa shape index (κ3) is 4.69. The molecule has 0 atom stereocenters. The average Bonchev–Trinajstić information content (AvgIpc) is 2.88. The number of piperazine rings is 1. The molecule has 0 aliphatic carbocycles. The summed E-state index contributed by atoms with van der Waals surface area (Å²) in [5.41, 5.74) is 9.10. The van der Waals surface area contributed by atoms with E-state index >= 15 is 0 Å². The molecule has 0 saturated carbocycles. The van der Waals surface area contributed by atoms with Gasteiger partial charge in [0, 0.05) is 49.2 Å². The number of carbonyl (C=O) groups is 1. The van der Waals surface area contributed by atoms with Crippen LogP contribution in [0.4, 0.5) is 11.8 Å². The van der Waals surface area contributed by atoms with Crippen molar-refractivity contribution in [2.45, 2.75) is 0 Å². The first kappa shape index (κ1) is 21.8. The number of nitrogens with two attached hydrogens (primary N) is 1. The molecular weight excluding hydrogens is 454 g/mol. The van der Waals surface area contributed by atoms with Crippen LogP contribution in [0.15, 0.2) is 60.9 Å². The van der Waals surface area contributed by atoms with E-state index in [2.05, 4.69) is 19.9 Å². The monoisotopic (exact) mass is 475 g/mol. The molecule has 0 unspecified atom stereocenters. The second-order valence-electron chi connectivity index (χ2n) is 7.82. The maximum absolute atomic E-state index is 12.6. The number of anilines is 2. The maximum atomic E-state index is 12.6. The van der Waals surface area contributed by atoms with E-state index in [1.165, 1.54) is 0 Å². The quantitative estimate of drug-likeness (QED) is 0.469. The fourth-order valence-electron chi connectivity index (χ4n) is 3.86. The van der Waals surface area contributed by atoms with Crippen LogP contribution in [0.2, 0.25) is 5.02 Å². The van der Waals surface area contributed by atoms with Crippen LogP contribution in [0, 0.1) is 0 Å². The number of nitrogens with zero attached hydrogens (tertiary/aromatic N) is 6. The third-order valence-corrected chi connectivity index (χ3v) is 5.88. The number of rotatable bonds is 5. The molecule has 1 aliphatic heterocycles. The molecule has 0 bridgehead atoms. The number of hydrogen-bond acceptors (Lipinski definition) is 8. The van der Waals surface area contributed by atoms with Gasteiger partial charge in [-0.2, -0.15) is 4.98 Å². The van der Waals surface area contributed by atoms with Crippen molar-refractivity contribution in [1.29, 1.82) is 0 Å². The standard InChI is InChI=1S/C24H22ClN7O2/c25-17-1-3-18(4-2-17)34-15-21(33)31-11-13-32(14-12-31)23-22-20(29-24(26)30-23)6-5-19(28-22)16-7-9-27-10-8-16/h1-10H,11-15H2,(H2,26,29,30). The minimum absolute atomic E-state index is 0.0259. The molecule has 0 spiro atoms. The van der Waals surface area contributed by atoms with Crippen molar-refractivity contribution in [3.05, 3.63) is 65.9 Å². The molecule has 1 amide bonds. The number of halogens is 1. The second-order valence-corrected chi connectivity index (χ2v) is 8.25. The summed E-state index contributed by atoms with van der Waals surface area (Å²) >= 11 is 5.89. The number of pyridine rings is 2. The number of nitrogen functional groups attached to an aromatic ring is 1. The topological polar surface area (TPSA) is 110 Å². The lowest BCUT2D eigenvalue weighted by Crippen LogP contribution is -2.50. The van der Waals surface area contributed by atoms with Crippen molar-refractivity contribution in [1.82, 2.24) is 24.8 Å². The van der Waals surface area contributed by atoms with Crippen LogP contribution in [-0.4, -0.2) is 63.5 Å². The van der Waals surface area contributed by atoms with E-state index in [9.17, 15) is 4.79 Å². The summed E-state index contributed by atoms with van der Waals surface area (Å²) < 4.78 is 5.60. The highest BCUT2D eigenvalue weighted by atomic mass is 35.5.